The smallest absolute Gasteiger partial charge is 0.274 e. The number of halogens is 1. The molecule has 1 saturated heterocycles. The van der Waals surface area contributed by atoms with Gasteiger partial charge in [-0.1, -0.05) is 12.1 Å². The highest BCUT2D eigenvalue weighted by molar-refractivity contribution is 6.03. The summed E-state index contributed by atoms with van der Waals surface area (Å²) in [5, 5.41) is 2.55. The molecule has 0 bridgehead atoms. The van der Waals surface area contributed by atoms with Crippen LogP contribution in [0.3, 0.4) is 0 Å². The fraction of sp³-hybridized carbons (Fsp3) is 0.250. The molecule has 0 spiro atoms. The van der Waals surface area contributed by atoms with Gasteiger partial charge in [-0.15, -0.1) is 0 Å². The van der Waals surface area contributed by atoms with Crippen LogP contribution in [0, 0.1) is 5.82 Å². The summed E-state index contributed by atoms with van der Waals surface area (Å²) in [7, 11) is 0. The van der Waals surface area contributed by atoms with Crippen molar-refractivity contribution in [3.8, 4) is 0 Å². The molecule has 108 valence electrons. The number of hydrogen-bond donors (Lipinski definition) is 1. The molecular weight excluding hydrogens is 269 g/mol. The van der Waals surface area contributed by atoms with Crippen molar-refractivity contribution >= 4 is 17.3 Å². The number of rotatable bonds is 3. The first kappa shape index (κ1) is 13.5. The van der Waals surface area contributed by atoms with E-state index in [0.717, 1.165) is 18.8 Å². The van der Waals surface area contributed by atoms with Crippen LogP contribution < -0.4 is 10.2 Å². The molecule has 1 aliphatic rings. The molecular formula is C16H16FN3O. The van der Waals surface area contributed by atoms with Crippen LogP contribution in [0.5, 0.6) is 0 Å². The number of benzene rings is 1. The van der Waals surface area contributed by atoms with Crippen molar-refractivity contribution in [3.05, 3.63) is 54.1 Å². The Morgan fingerprint density at radius 3 is 2.71 bits per heavy atom. The highest BCUT2D eigenvalue weighted by Crippen LogP contribution is 2.21. The molecule has 3 rings (SSSR count). The lowest BCUT2D eigenvalue weighted by Gasteiger charge is -2.17. The predicted octanol–water partition coefficient (Wildman–Crippen LogP) is 3.07. The maximum absolute atomic E-state index is 13.5. The normalized spacial score (nSPS) is 14.2. The van der Waals surface area contributed by atoms with Crippen LogP contribution in [-0.4, -0.2) is 24.0 Å². The Bertz CT molecular complexity index is 653. The molecule has 21 heavy (non-hydrogen) atoms. The molecule has 1 fully saturated rings. The first-order chi connectivity index (χ1) is 10.2. The number of carbonyl (C=O) groups excluding carboxylic acids is 1. The predicted molar refractivity (Wildman–Crippen MR) is 80.0 cm³/mol. The fourth-order valence-corrected chi connectivity index (χ4v) is 2.46. The van der Waals surface area contributed by atoms with E-state index in [1.807, 2.05) is 6.07 Å². The van der Waals surface area contributed by atoms with E-state index in [9.17, 15) is 9.18 Å². The third kappa shape index (κ3) is 3.02. The van der Waals surface area contributed by atoms with Gasteiger partial charge in [-0.2, -0.15) is 0 Å². The summed E-state index contributed by atoms with van der Waals surface area (Å²) >= 11 is 0. The van der Waals surface area contributed by atoms with Gasteiger partial charge in [0.25, 0.3) is 5.91 Å². The average molecular weight is 285 g/mol. The Labute approximate surface area is 122 Å². The Balaban J connectivity index is 1.78. The zero-order chi connectivity index (χ0) is 14.7. The van der Waals surface area contributed by atoms with E-state index in [0.29, 0.717) is 5.69 Å². The molecule has 0 saturated carbocycles. The molecule has 0 aliphatic carbocycles. The summed E-state index contributed by atoms with van der Waals surface area (Å²) in [5.41, 5.74) is 1.44. The number of anilines is 2. The number of aromatic nitrogens is 1. The maximum atomic E-state index is 13.5. The van der Waals surface area contributed by atoms with Crippen LogP contribution >= 0.6 is 0 Å². The summed E-state index contributed by atoms with van der Waals surface area (Å²) in [6.07, 6.45) is 3.95. The van der Waals surface area contributed by atoms with E-state index in [-0.39, 0.29) is 5.69 Å². The SMILES string of the molecule is O=C(Nc1ccccc1F)c1cc(N2CCCC2)ccn1. The highest BCUT2D eigenvalue weighted by Gasteiger charge is 2.15. The first-order valence-corrected chi connectivity index (χ1v) is 7.01. The summed E-state index contributed by atoms with van der Waals surface area (Å²) < 4.78 is 13.5. The monoisotopic (exact) mass is 285 g/mol. The molecule has 1 aliphatic heterocycles. The van der Waals surface area contributed by atoms with Crippen molar-refractivity contribution < 1.29 is 9.18 Å². The van der Waals surface area contributed by atoms with E-state index in [2.05, 4.69) is 15.2 Å². The van der Waals surface area contributed by atoms with E-state index in [4.69, 9.17) is 0 Å². The lowest BCUT2D eigenvalue weighted by Crippen LogP contribution is -2.20. The molecule has 0 radical (unpaired) electrons. The van der Waals surface area contributed by atoms with Gasteiger partial charge in [0, 0.05) is 25.0 Å². The van der Waals surface area contributed by atoms with E-state index in [1.165, 1.54) is 25.0 Å². The number of amides is 1. The Kier molecular flexibility index (Phi) is 3.81. The van der Waals surface area contributed by atoms with Gasteiger partial charge in [-0.25, -0.2) is 4.39 Å². The van der Waals surface area contributed by atoms with Gasteiger partial charge in [0.1, 0.15) is 11.5 Å². The van der Waals surface area contributed by atoms with Gasteiger partial charge in [-0.05, 0) is 37.1 Å². The number of pyridine rings is 1. The molecule has 2 aromatic rings. The zero-order valence-corrected chi connectivity index (χ0v) is 11.6. The second-order valence-corrected chi connectivity index (χ2v) is 5.03. The van der Waals surface area contributed by atoms with Gasteiger partial charge >= 0.3 is 0 Å². The lowest BCUT2D eigenvalue weighted by atomic mass is 10.2. The van der Waals surface area contributed by atoms with Gasteiger partial charge in [0.05, 0.1) is 5.69 Å². The number of nitrogens with one attached hydrogen (secondary N) is 1. The summed E-state index contributed by atoms with van der Waals surface area (Å²) in [6, 6.07) is 9.73. The largest absolute Gasteiger partial charge is 0.371 e. The molecule has 5 heteroatoms. The molecule has 0 unspecified atom stereocenters. The van der Waals surface area contributed by atoms with Crippen LogP contribution in [-0.2, 0) is 0 Å². The molecule has 2 heterocycles. The quantitative estimate of drug-likeness (QED) is 0.942. The first-order valence-electron chi connectivity index (χ1n) is 7.01. The van der Waals surface area contributed by atoms with Gasteiger partial charge in [0.2, 0.25) is 0 Å². The van der Waals surface area contributed by atoms with Crippen LogP contribution in [0.1, 0.15) is 23.3 Å². The topological polar surface area (TPSA) is 45.2 Å². The molecule has 1 amide bonds. The van der Waals surface area contributed by atoms with E-state index < -0.39 is 11.7 Å². The second kappa shape index (κ2) is 5.91. The Hall–Kier alpha value is -2.43. The van der Waals surface area contributed by atoms with Crippen molar-refractivity contribution in [2.45, 2.75) is 12.8 Å². The standard InChI is InChI=1S/C16H16FN3O/c17-13-5-1-2-6-14(13)19-16(21)15-11-12(7-8-18-15)20-9-3-4-10-20/h1-2,5-8,11H,3-4,9-10H2,(H,19,21). The summed E-state index contributed by atoms with van der Waals surface area (Å²) in [6.45, 7) is 2.00. The fourth-order valence-electron chi connectivity index (χ4n) is 2.46. The Morgan fingerprint density at radius 1 is 1.19 bits per heavy atom. The minimum absolute atomic E-state index is 0.163. The van der Waals surface area contributed by atoms with Crippen molar-refractivity contribution in [3.63, 3.8) is 0 Å². The van der Waals surface area contributed by atoms with Gasteiger partial charge < -0.3 is 10.2 Å². The molecule has 1 N–H and O–H groups in total. The van der Waals surface area contributed by atoms with Gasteiger partial charge in [0.15, 0.2) is 0 Å². The molecule has 1 aromatic carbocycles. The second-order valence-electron chi connectivity index (χ2n) is 5.03. The Morgan fingerprint density at radius 2 is 1.95 bits per heavy atom. The van der Waals surface area contributed by atoms with Crippen molar-refractivity contribution in [2.75, 3.05) is 23.3 Å². The third-order valence-electron chi connectivity index (χ3n) is 3.57. The molecule has 0 atom stereocenters. The summed E-state index contributed by atoms with van der Waals surface area (Å²) in [5.74, 6) is -0.859. The van der Waals surface area contributed by atoms with Crippen LogP contribution in [0.2, 0.25) is 0 Å². The van der Waals surface area contributed by atoms with Crippen molar-refractivity contribution in [1.82, 2.24) is 4.98 Å². The van der Waals surface area contributed by atoms with Crippen LogP contribution in [0.25, 0.3) is 0 Å². The van der Waals surface area contributed by atoms with E-state index in [1.54, 1.807) is 24.4 Å². The van der Waals surface area contributed by atoms with E-state index >= 15 is 0 Å². The minimum atomic E-state index is -0.457. The number of carbonyl (C=O) groups is 1. The number of para-hydroxylation sites is 1. The molecule has 1 aromatic heterocycles. The number of hydrogen-bond acceptors (Lipinski definition) is 3. The third-order valence-corrected chi connectivity index (χ3v) is 3.57. The summed E-state index contributed by atoms with van der Waals surface area (Å²) in [4.78, 5) is 18.5. The minimum Gasteiger partial charge on any atom is -0.371 e. The molecule has 4 nitrogen and oxygen atoms in total. The van der Waals surface area contributed by atoms with Crippen molar-refractivity contribution in [1.29, 1.82) is 0 Å². The maximum Gasteiger partial charge on any atom is 0.274 e. The number of nitrogens with zero attached hydrogens (tertiary/aromatic N) is 2. The lowest BCUT2D eigenvalue weighted by molar-refractivity contribution is 0.102. The van der Waals surface area contributed by atoms with Crippen LogP contribution in [0.4, 0.5) is 15.8 Å². The average Bonchev–Trinajstić information content (AvgIpc) is 3.04. The van der Waals surface area contributed by atoms with Crippen LogP contribution in [0.15, 0.2) is 42.6 Å². The zero-order valence-electron chi connectivity index (χ0n) is 11.6. The highest BCUT2D eigenvalue weighted by atomic mass is 19.1. The van der Waals surface area contributed by atoms with Crippen molar-refractivity contribution in [2.24, 2.45) is 0 Å². The van der Waals surface area contributed by atoms with Gasteiger partial charge in [-0.3, -0.25) is 9.78 Å².